The van der Waals surface area contributed by atoms with Crippen molar-refractivity contribution in [3.05, 3.63) is 23.8 Å². The largest absolute Gasteiger partial charge is 0.496 e. The van der Waals surface area contributed by atoms with E-state index in [1.807, 2.05) is 0 Å². The number of aliphatic carboxylic acids is 1. The number of sulfonamides is 1. The van der Waals surface area contributed by atoms with E-state index >= 15 is 0 Å². The smallest absolute Gasteiger partial charge is 0.303 e. The molecule has 1 rings (SSSR count). The van der Waals surface area contributed by atoms with Crippen LogP contribution in [-0.4, -0.2) is 32.4 Å². The van der Waals surface area contributed by atoms with Crippen molar-refractivity contribution in [1.82, 2.24) is 0 Å². The Morgan fingerprint density at radius 1 is 1.42 bits per heavy atom. The summed E-state index contributed by atoms with van der Waals surface area (Å²) in [6.45, 7) is 1.81. The Balaban J connectivity index is 2.67. The van der Waals surface area contributed by atoms with Crippen molar-refractivity contribution in [3.8, 4) is 5.75 Å². The van der Waals surface area contributed by atoms with Gasteiger partial charge in [-0.25, -0.2) is 8.42 Å². The molecule has 0 aliphatic heterocycles. The summed E-state index contributed by atoms with van der Waals surface area (Å²) in [4.78, 5) is 10.3. The number of benzene rings is 1. The zero-order valence-electron chi connectivity index (χ0n) is 10.8. The highest BCUT2D eigenvalue weighted by Crippen LogP contribution is 2.22. The van der Waals surface area contributed by atoms with Gasteiger partial charge in [0.2, 0.25) is 10.0 Å². The maximum atomic E-state index is 11.7. The molecular formula is C12H17NO5S. The molecule has 19 heavy (non-hydrogen) atoms. The van der Waals surface area contributed by atoms with Gasteiger partial charge < -0.3 is 9.84 Å². The fraction of sp³-hybridized carbons (Fsp3) is 0.417. The number of rotatable bonds is 7. The molecule has 0 radical (unpaired) electrons. The molecule has 0 saturated heterocycles. The van der Waals surface area contributed by atoms with Gasteiger partial charge in [-0.15, -0.1) is 0 Å². The zero-order chi connectivity index (χ0) is 14.5. The lowest BCUT2D eigenvalue weighted by Gasteiger charge is -2.10. The molecule has 0 aromatic heterocycles. The SMILES string of the molecule is COc1ccc(NS(=O)(=O)CCCC(=O)O)cc1C. The van der Waals surface area contributed by atoms with E-state index in [0.717, 1.165) is 5.56 Å². The second-order valence-corrected chi connectivity index (χ2v) is 5.94. The molecule has 0 unspecified atom stereocenters. The molecule has 0 saturated carbocycles. The molecule has 0 amide bonds. The van der Waals surface area contributed by atoms with Crippen LogP contribution in [0.4, 0.5) is 5.69 Å². The van der Waals surface area contributed by atoms with Gasteiger partial charge in [0.05, 0.1) is 12.9 Å². The molecule has 1 aromatic rings. The van der Waals surface area contributed by atoms with Crippen molar-refractivity contribution >= 4 is 21.7 Å². The van der Waals surface area contributed by atoms with Crippen LogP contribution >= 0.6 is 0 Å². The quantitative estimate of drug-likeness (QED) is 0.794. The van der Waals surface area contributed by atoms with Crippen LogP contribution in [0.5, 0.6) is 5.75 Å². The normalized spacial score (nSPS) is 11.1. The lowest BCUT2D eigenvalue weighted by atomic mass is 10.2. The van der Waals surface area contributed by atoms with Crippen LogP contribution in [0.3, 0.4) is 0 Å². The molecule has 0 aliphatic rings. The average Bonchev–Trinajstić information content (AvgIpc) is 2.27. The number of carboxylic acids is 1. The highest BCUT2D eigenvalue weighted by atomic mass is 32.2. The lowest BCUT2D eigenvalue weighted by molar-refractivity contribution is -0.137. The summed E-state index contributed by atoms with van der Waals surface area (Å²) >= 11 is 0. The van der Waals surface area contributed by atoms with Crippen LogP contribution < -0.4 is 9.46 Å². The van der Waals surface area contributed by atoms with Crippen molar-refractivity contribution < 1.29 is 23.1 Å². The van der Waals surface area contributed by atoms with Crippen molar-refractivity contribution in [1.29, 1.82) is 0 Å². The molecule has 0 spiro atoms. The van der Waals surface area contributed by atoms with E-state index in [1.54, 1.807) is 25.1 Å². The first-order valence-electron chi connectivity index (χ1n) is 5.71. The summed E-state index contributed by atoms with van der Waals surface area (Å²) in [5.74, 6) is -0.547. The minimum atomic E-state index is -3.52. The summed E-state index contributed by atoms with van der Waals surface area (Å²) < 4.78 is 30.9. The second kappa shape index (κ2) is 6.42. The summed E-state index contributed by atoms with van der Waals surface area (Å²) in [6, 6.07) is 4.93. The molecule has 106 valence electrons. The Kier molecular flexibility index (Phi) is 5.17. The third-order valence-corrected chi connectivity index (χ3v) is 3.84. The lowest BCUT2D eigenvalue weighted by Crippen LogP contribution is -2.17. The third kappa shape index (κ3) is 5.17. The fourth-order valence-corrected chi connectivity index (χ4v) is 2.70. The van der Waals surface area contributed by atoms with Crippen molar-refractivity contribution in [2.45, 2.75) is 19.8 Å². The predicted molar refractivity (Wildman–Crippen MR) is 72.0 cm³/mol. The van der Waals surface area contributed by atoms with Gasteiger partial charge in [0, 0.05) is 12.1 Å². The van der Waals surface area contributed by atoms with E-state index in [4.69, 9.17) is 9.84 Å². The monoisotopic (exact) mass is 287 g/mol. The van der Waals surface area contributed by atoms with Gasteiger partial charge in [-0.1, -0.05) is 0 Å². The zero-order valence-corrected chi connectivity index (χ0v) is 11.7. The van der Waals surface area contributed by atoms with E-state index in [9.17, 15) is 13.2 Å². The second-order valence-electron chi connectivity index (χ2n) is 4.10. The van der Waals surface area contributed by atoms with E-state index in [2.05, 4.69) is 4.72 Å². The number of hydrogen-bond donors (Lipinski definition) is 2. The highest BCUT2D eigenvalue weighted by Gasteiger charge is 2.12. The number of hydrogen-bond acceptors (Lipinski definition) is 4. The maximum absolute atomic E-state index is 11.7. The molecular weight excluding hydrogens is 270 g/mol. The van der Waals surface area contributed by atoms with E-state index in [0.29, 0.717) is 11.4 Å². The molecule has 6 nitrogen and oxygen atoms in total. The Morgan fingerprint density at radius 2 is 2.11 bits per heavy atom. The highest BCUT2D eigenvalue weighted by molar-refractivity contribution is 7.92. The third-order valence-electron chi connectivity index (χ3n) is 2.47. The molecule has 0 fully saturated rings. The number of aryl methyl sites for hydroxylation is 1. The van der Waals surface area contributed by atoms with Crippen LogP contribution in [0.15, 0.2) is 18.2 Å². The van der Waals surface area contributed by atoms with Crippen LogP contribution in [-0.2, 0) is 14.8 Å². The topological polar surface area (TPSA) is 92.7 Å². The molecule has 2 N–H and O–H groups in total. The number of methoxy groups -OCH3 is 1. The Morgan fingerprint density at radius 3 is 2.63 bits per heavy atom. The van der Waals surface area contributed by atoms with Gasteiger partial charge in [0.1, 0.15) is 5.75 Å². The minimum Gasteiger partial charge on any atom is -0.496 e. The number of carboxylic acid groups (broad SMARTS) is 1. The molecule has 0 aliphatic carbocycles. The summed E-state index contributed by atoms with van der Waals surface area (Å²) in [7, 11) is -1.98. The van der Waals surface area contributed by atoms with Crippen molar-refractivity contribution in [3.63, 3.8) is 0 Å². The van der Waals surface area contributed by atoms with Gasteiger partial charge in [-0.2, -0.15) is 0 Å². The molecule has 1 aromatic carbocycles. The molecule has 0 atom stereocenters. The van der Waals surface area contributed by atoms with Gasteiger partial charge in [0.15, 0.2) is 0 Å². The average molecular weight is 287 g/mol. The Bertz CT molecular complexity index is 553. The van der Waals surface area contributed by atoms with E-state index in [-0.39, 0.29) is 18.6 Å². The number of carbonyl (C=O) groups is 1. The standard InChI is InChI=1S/C12H17NO5S/c1-9-8-10(5-6-11(9)18-2)13-19(16,17)7-3-4-12(14)15/h5-6,8,13H,3-4,7H2,1-2H3,(H,14,15). The number of ether oxygens (including phenoxy) is 1. The molecule has 0 heterocycles. The first-order valence-corrected chi connectivity index (χ1v) is 7.36. The van der Waals surface area contributed by atoms with Crippen LogP contribution in [0, 0.1) is 6.92 Å². The van der Waals surface area contributed by atoms with Crippen LogP contribution in [0.1, 0.15) is 18.4 Å². The first-order chi connectivity index (χ1) is 8.84. The van der Waals surface area contributed by atoms with Gasteiger partial charge in [-0.3, -0.25) is 9.52 Å². The fourth-order valence-electron chi connectivity index (χ4n) is 1.59. The van der Waals surface area contributed by atoms with Crippen molar-refractivity contribution in [2.75, 3.05) is 17.6 Å². The molecule has 0 bridgehead atoms. The van der Waals surface area contributed by atoms with Gasteiger partial charge >= 0.3 is 5.97 Å². The summed E-state index contributed by atoms with van der Waals surface area (Å²) in [6.07, 6.45) is -0.0810. The number of nitrogens with one attached hydrogen (secondary N) is 1. The van der Waals surface area contributed by atoms with E-state index < -0.39 is 16.0 Å². The van der Waals surface area contributed by atoms with Crippen LogP contribution in [0.2, 0.25) is 0 Å². The molecule has 7 heteroatoms. The van der Waals surface area contributed by atoms with E-state index in [1.165, 1.54) is 7.11 Å². The minimum absolute atomic E-state index is 0.0831. The Labute approximate surface area is 112 Å². The van der Waals surface area contributed by atoms with Crippen LogP contribution in [0.25, 0.3) is 0 Å². The maximum Gasteiger partial charge on any atom is 0.303 e. The number of anilines is 1. The summed E-state index contributed by atoms with van der Waals surface area (Å²) in [5, 5.41) is 8.46. The summed E-state index contributed by atoms with van der Waals surface area (Å²) in [5.41, 5.74) is 1.25. The van der Waals surface area contributed by atoms with Crippen molar-refractivity contribution in [2.24, 2.45) is 0 Å². The predicted octanol–water partition coefficient (Wildman–Crippen LogP) is 1.61. The first kappa shape index (κ1) is 15.3. The van der Waals surface area contributed by atoms with Gasteiger partial charge in [0.25, 0.3) is 0 Å². The van der Waals surface area contributed by atoms with Gasteiger partial charge in [-0.05, 0) is 37.1 Å². The Hall–Kier alpha value is -1.76.